The number of nitrogens with zero attached hydrogens (tertiary/aromatic N) is 3. The average molecular weight is 412 g/mol. The molecule has 2 aromatic carbocycles. The van der Waals surface area contributed by atoms with Gasteiger partial charge in [-0.3, -0.25) is 9.12 Å². The lowest BCUT2D eigenvalue weighted by Crippen LogP contribution is -2.15. The summed E-state index contributed by atoms with van der Waals surface area (Å²) in [4.78, 5) is 8.63. The van der Waals surface area contributed by atoms with Crippen LogP contribution < -0.4 is 9.46 Å². The van der Waals surface area contributed by atoms with Crippen LogP contribution in [0.1, 0.15) is 5.56 Å². The summed E-state index contributed by atoms with van der Waals surface area (Å²) < 4.78 is 48.2. The summed E-state index contributed by atoms with van der Waals surface area (Å²) in [6.07, 6.45) is 5.27. The van der Waals surface area contributed by atoms with Crippen molar-refractivity contribution in [2.75, 3.05) is 11.8 Å². The van der Waals surface area contributed by atoms with E-state index in [1.54, 1.807) is 47.1 Å². The third-order valence-corrected chi connectivity index (χ3v) is 5.49. The molecule has 0 amide bonds. The Balaban J connectivity index is 1.66. The lowest BCUT2D eigenvalue weighted by atomic mass is 10.1. The number of methoxy groups -OCH3 is 1. The number of anilines is 1. The molecule has 0 atom stereocenters. The van der Waals surface area contributed by atoms with Gasteiger partial charge in [0.15, 0.2) is 0 Å². The summed E-state index contributed by atoms with van der Waals surface area (Å²) in [7, 11) is -2.34. The van der Waals surface area contributed by atoms with Crippen LogP contribution in [0.5, 0.6) is 5.75 Å². The quantitative estimate of drug-likeness (QED) is 0.524. The lowest BCUT2D eigenvalue weighted by molar-refractivity contribution is 0.417. The predicted octanol–water partition coefficient (Wildman–Crippen LogP) is 3.49. The first-order valence-corrected chi connectivity index (χ1v) is 10.3. The molecule has 148 valence electrons. The topological polar surface area (TPSA) is 85.6 Å². The van der Waals surface area contributed by atoms with E-state index in [1.807, 2.05) is 6.20 Å². The highest BCUT2D eigenvalue weighted by Gasteiger charge is 2.17. The summed E-state index contributed by atoms with van der Waals surface area (Å²) in [5, 5.41) is 0. The number of hydrogen-bond donors (Lipinski definition) is 1. The molecule has 4 aromatic rings. The maximum atomic E-state index is 13.4. The minimum atomic E-state index is -3.80. The Bertz CT molecular complexity index is 1250. The second kappa shape index (κ2) is 7.51. The Morgan fingerprint density at radius 3 is 2.79 bits per heavy atom. The van der Waals surface area contributed by atoms with Crippen LogP contribution in [0.15, 0.2) is 67.1 Å². The van der Waals surface area contributed by atoms with E-state index in [0.717, 1.165) is 0 Å². The standard InChI is InChI=1S/C20H17FN4O3S/c1-28-19-7-6-15(18-12-25-9-3-8-22-20(25)23-18)11-17(19)24-29(26,27)13-14-4-2-5-16(21)10-14/h2-12,24H,13H2,1H3. The van der Waals surface area contributed by atoms with Crippen LogP contribution in [0.2, 0.25) is 0 Å². The second-order valence-electron chi connectivity index (χ2n) is 6.36. The van der Waals surface area contributed by atoms with Gasteiger partial charge in [-0.15, -0.1) is 0 Å². The highest BCUT2D eigenvalue weighted by molar-refractivity contribution is 7.91. The molecule has 2 aromatic heterocycles. The first-order chi connectivity index (χ1) is 13.9. The summed E-state index contributed by atoms with van der Waals surface area (Å²) in [5.41, 5.74) is 1.95. The van der Waals surface area contributed by atoms with E-state index in [9.17, 15) is 12.8 Å². The first kappa shape index (κ1) is 18.9. The normalized spacial score (nSPS) is 11.5. The molecular weight excluding hydrogens is 395 g/mol. The number of hydrogen-bond acceptors (Lipinski definition) is 5. The van der Waals surface area contributed by atoms with Crippen LogP contribution in [0, 0.1) is 5.82 Å². The van der Waals surface area contributed by atoms with Crippen LogP contribution in [-0.2, 0) is 15.8 Å². The van der Waals surface area contributed by atoms with Gasteiger partial charge >= 0.3 is 0 Å². The van der Waals surface area contributed by atoms with Gasteiger partial charge in [-0.1, -0.05) is 12.1 Å². The molecule has 0 aliphatic carbocycles. The van der Waals surface area contributed by atoms with Crippen molar-refractivity contribution in [3.8, 4) is 17.0 Å². The number of ether oxygens (including phenoxy) is 1. The van der Waals surface area contributed by atoms with E-state index >= 15 is 0 Å². The molecule has 2 heterocycles. The van der Waals surface area contributed by atoms with Crippen molar-refractivity contribution in [2.45, 2.75) is 5.75 Å². The number of benzene rings is 2. The highest BCUT2D eigenvalue weighted by atomic mass is 32.2. The minimum absolute atomic E-state index is 0.270. The van der Waals surface area contributed by atoms with Crippen molar-refractivity contribution in [1.82, 2.24) is 14.4 Å². The van der Waals surface area contributed by atoms with Crippen molar-refractivity contribution < 1.29 is 17.5 Å². The number of nitrogens with one attached hydrogen (secondary N) is 1. The molecule has 0 aliphatic rings. The first-order valence-electron chi connectivity index (χ1n) is 8.66. The Hall–Kier alpha value is -3.46. The molecule has 0 radical (unpaired) electrons. The Morgan fingerprint density at radius 1 is 1.17 bits per heavy atom. The van der Waals surface area contributed by atoms with E-state index < -0.39 is 15.8 Å². The molecule has 29 heavy (non-hydrogen) atoms. The van der Waals surface area contributed by atoms with Gasteiger partial charge in [0.2, 0.25) is 15.8 Å². The van der Waals surface area contributed by atoms with Crippen molar-refractivity contribution in [1.29, 1.82) is 0 Å². The van der Waals surface area contributed by atoms with Crippen molar-refractivity contribution in [2.24, 2.45) is 0 Å². The van der Waals surface area contributed by atoms with Gasteiger partial charge in [0, 0.05) is 24.2 Å². The van der Waals surface area contributed by atoms with E-state index in [1.165, 1.54) is 25.3 Å². The van der Waals surface area contributed by atoms with Gasteiger partial charge in [0.1, 0.15) is 11.6 Å². The molecule has 0 spiro atoms. The molecule has 0 saturated carbocycles. The zero-order chi connectivity index (χ0) is 20.4. The van der Waals surface area contributed by atoms with E-state index in [0.29, 0.717) is 28.3 Å². The number of aromatic nitrogens is 3. The smallest absolute Gasteiger partial charge is 0.237 e. The van der Waals surface area contributed by atoms with Gasteiger partial charge in [-0.25, -0.2) is 22.8 Å². The average Bonchev–Trinajstić information content (AvgIpc) is 3.11. The van der Waals surface area contributed by atoms with Crippen LogP contribution in [-0.4, -0.2) is 29.9 Å². The van der Waals surface area contributed by atoms with Crippen LogP contribution in [0.25, 0.3) is 17.0 Å². The summed E-state index contributed by atoms with van der Waals surface area (Å²) in [6.45, 7) is 0. The molecule has 9 heteroatoms. The molecule has 1 N–H and O–H groups in total. The maximum Gasteiger partial charge on any atom is 0.237 e. The second-order valence-corrected chi connectivity index (χ2v) is 8.08. The summed E-state index contributed by atoms with van der Waals surface area (Å²) in [5.74, 6) is 0.0407. The van der Waals surface area contributed by atoms with Crippen molar-refractivity contribution in [3.05, 3.63) is 78.5 Å². The molecule has 0 saturated heterocycles. The molecule has 0 bridgehead atoms. The monoisotopic (exact) mass is 412 g/mol. The third kappa shape index (κ3) is 4.19. The van der Waals surface area contributed by atoms with E-state index in [-0.39, 0.29) is 11.4 Å². The molecule has 0 aliphatic heterocycles. The Kier molecular flexibility index (Phi) is 4.89. The zero-order valence-electron chi connectivity index (χ0n) is 15.4. The van der Waals surface area contributed by atoms with Crippen molar-refractivity contribution in [3.63, 3.8) is 0 Å². The summed E-state index contributed by atoms with van der Waals surface area (Å²) >= 11 is 0. The van der Waals surface area contributed by atoms with Gasteiger partial charge in [0.25, 0.3) is 0 Å². The highest BCUT2D eigenvalue weighted by Crippen LogP contribution is 2.31. The largest absolute Gasteiger partial charge is 0.495 e. The number of fused-ring (bicyclic) bond motifs is 1. The molecule has 7 nitrogen and oxygen atoms in total. The molecule has 0 fully saturated rings. The Morgan fingerprint density at radius 2 is 2.03 bits per heavy atom. The van der Waals surface area contributed by atoms with Crippen molar-refractivity contribution >= 4 is 21.5 Å². The van der Waals surface area contributed by atoms with Crippen LogP contribution in [0.4, 0.5) is 10.1 Å². The number of rotatable bonds is 6. The fourth-order valence-corrected chi connectivity index (χ4v) is 4.15. The van der Waals surface area contributed by atoms with Gasteiger partial charge < -0.3 is 4.74 Å². The SMILES string of the molecule is COc1ccc(-c2cn3cccnc3n2)cc1NS(=O)(=O)Cc1cccc(F)c1. The molecule has 0 unspecified atom stereocenters. The number of sulfonamides is 1. The minimum Gasteiger partial charge on any atom is -0.495 e. The van der Waals surface area contributed by atoms with Crippen LogP contribution >= 0.6 is 0 Å². The predicted molar refractivity (Wildman–Crippen MR) is 108 cm³/mol. The fourth-order valence-electron chi connectivity index (χ4n) is 2.97. The van der Waals surface area contributed by atoms with E-state index in [4.69, 9.17) is 4.74 Å². The van der Waals surface area contributed by atoms with Gasteiger partial charge in [-0.05, 0) is 42.0 Å². The van der Waals surface area contributed by atoms with Crippen LogP contribution in [0.3, 0.4) is 0 Å². The molecule has 4 rings (SSSR count). The Labute approximate surface area is 166 Å². The lowest BCUT2D eigenvalue weighted by Gasteiger charge is -2.13. The van der Waals surface area contributed by atoms with E-state index in [2.05, 4.69) is 14.7 Å². The third-order valence-electron chi connectivity index (χ3n) is 4.24. The molecular formula is C20H17FN4O3S. The fraction of sp³-hybridized carbons (Fsp3) is 0.100. The summed E-state index contributed by atoms with van der Waals surface area (Å²) in [6, 6.07) is 12.4. The number of imidazole rings is 1. The maximum absolute atomic E-state index is 13.4. The number of halogens is 1. The van der Waals surface area contributed by atoms with Gasteiger partial charge in [0.05, 0.1) is 24.2 Å². The van der Waals surface area contributed by atoms with Gasteiger partial charge in [-0.2, -0.15) is 0 Å². The zero-order valence-corrected chi connectivity index (χ0v) is 16.2.